The van der Waals surface area contributed by atoms with Crippen LogP contribution in [0, 0.1) is 0 Å². The molecule has 0 saturated carbocycles. The van der Waals surface area contributed by atoms with Gasteiger partial charge >= 0.3 is 5.97 Å². The molecule has 7 nitrogen and oxygen atoms in total. The van der Waals surface area contributed by atoms with E-state index in [9.17, 15) is 4.79 Å². The predicted octanol–water partition coefficient (Wildman–Crippen LogP) is 3.33. The van der Waals surface area contributed by atoms with E-state index in [1.165, 1.54) is 11.3 Å². The molecule has 1 aliphatic rings. The summed E-state index contributed by atoms with van der Waals surface area (Å²) in [5.41, 5.74) is 0.896. The molecule has 25 heavy (non-hydrogen) atoms. The van der Waals surface area contributed by atoms with Crippen molar-refractivity contribution in [3.05, 3.63) is 47.2 Å². The fraction of sp³-hybridized carbons (Fsp3) is 0.235. The molecule has 3 heterocycles. The zero-order chi connectivity index (χ0) is 17.2. The van der Waals surface area contributed by atoms with Crippen LogP contribution < -0.4 is 9.47 Å². The molecule has 0 aliphatic carbocycles. The highest BCUT2D eigenvalue weighted by Gasteiger charge is 2.26. The standard InChI is InChI=1S/C17H14N2O5S/c20-16(21)6-10-8-23-13-7-11(3-4-12(10)13)22-9-15-18-17(19-24-15)14-2-1-5-25-14/h1-5,7,10H,6,8-9H2,(H,20,21). The lowest BCUT2D eigenvalue weighted by molar-refractivity contribution is -0.137. The lowest BCUT2D eigenvalue weighted by Crippen LogP contribution is -2.07. The van der Waals surface area contributed by atoms with E-state index in [1.807, 2.05) is 23.6 Å². The maximum Gasteiger partial charge on any atom is 0.304 e. The number of ether oxygens (including phenoxy) is 2. The monoisotopic (exact) mass is 358 g/mol. The molecular weight excluding hydrogens is 344 g/mol. The van der Waals surface area contributed by atoms with Crippen molar-refractivity contribution in [3.8, 4) is 22.2 Å². The van der Waals surface area contributed by atoms with E-state index in [4.69, 9.17) is 19.1 Å². The number of fused-ring (bicyclic) bond motifs is 1. The SMILES string of the molecule is O=C(O)CC1COc2cc(OCc3nc(-c4cccs4)no3)ccc21. The first-order chi connectivity index (χ1) is 12.2. The van der Waals surface area contributed by atoms with Crippen molar-refractivity contribution in [2.24, 2.45) is 0 Å². The molecule has 1 N–H and O–H groups in total. The van der Waals surface area contributed by atoms with Gasteiger partial charge in [-0.25, -0.2) is 0 Å². The van der Waals surface area contributed by atoms with Gasteiger partial charge in [0, 0.05) is 17.5 Å². The minimum Gasteiger partial charge on any atom is -0.492 e. The largest absolute Gasteiger partial charge is 0.492 e. The van der Waals surface area contributed by atoms with Gasteiger partial charge in [0.1, 0.15) is 11.5 Å². The van der Waals surface area contributed by atoms with Gasteiger partial charge in [-0.2, -0.15) is 4.98 Å². The van der Waals surface area contributed by atoms with Gasteiger partial charge in [-0.15, -0.1) is 11.3 Å². The summed E-state index contributed by atoms with van der Waals surface area (Å²) in [5.74, 6) is 1.24. The second kappa shape index (κ2) is 6.56. The van der Waals surface area contributed by atoms with Gasteiger partial charge in [-0.05, 0) is 17.5 Å². The van der Waals surface area contributed by atoms with Crippen LogP contribution in [0.2, 0.25) is 0 Å². The van der Waals surface area contributed by atoms with E-state index in [0.717, 1.165) is 10.4 Å². The number of hydrogen-bond acceptors (Lipinski definition) is 7. The van der Waals surface area contributed by atoms with Gasteiger partial charge in [-0.1, -0.05) is 17.3 Å². The second-order valence-corrected chi connectivity index (χ2v) is 6.53. The predicted molar refractivity (Wildman–Crippen MR) is 88.9 cm³/mol. The van der Waals surface area contributed by atoms with Gasteiger partial charge in [-0.3, -0.25) is 4.79 Å². The lowest BCUT2D eigenvalue weighted by Gasteiger charge is -2.07. The van der Waals surface area contributed by atoms with Gasteiger partial charge in [0.25, 0.3) is 5.89 Å². The number of nitrogens with zero attached hydrogens (tertiary/aromatic N) is 2. The first kappa shape index (κ1) is 15.6. The number of carbonyl (C=O) groups is 1. The normalized spacial score (nSPS) is 15.6. The topological polar surface area (TPSA) is 94.7 Å². The molecule has 8 heteroatoms. The van der Waals surface area contributed by atoms with E-state index in [0.29, 0.717) is 29.8 Å². The van der Waals surface area contributed by atoms with E-state index < -0.39 is 5.97 Å². The molecule has 0 radical (unpaired) electrons. The van der Waals surface area contributed by atoms with Crippen molar-refractivity contribution in [3.63, 3.8) is 0 Å². The quantitative estimate of drug-likeness (QED) is 0.722. The number of benzene rings is 1. The summed E-state index contributed by atoms with van der Waals surface area (Å²) in [6, 6.07) is 9.24. The molecule has 2 aromatic heterocycles. The Morgan fingerprint density at radius 3 is 3.12 bits per heavy atom. The van der Waals surface area contributed by atoms with Crippen LogP contribution in [0.3, 0.4) is 0 Å². The van der Waals surface area contributed by atoms with E-state index in [-0.39, 0.29) is 18.9 Å². The number of aromatic nitrogens is 2. The minimum atomic E-state index is -0.834. The van der Waals surface area contributed by atoms with Crippen molar-refractivity contribution in [1.82, 2.24) is 10.1 Å². The first-order valence-corrected chi connectivity index (χ1v) is 8.55. The minimum absolute atomic E-state index is 0.0562. The third kappa shape index (κ3) is 3.34. The Labute approximate surface area is 146 Å². The zero-order valence-electron chi connectivity index (χ0n) is 13.0. The average Bonchev–Trinajstić information content (AvgIpc) is 3.33. The van der Waals surface area contributed by atoms with Gasteiger partial charge in [0.15, 0.2) is 6.61 Å². The van der Waals surface area contributed by atoms with Crippen molar-refractivity contribution in [1.29, 1.82) is 0 Å². The Balaban J connectivity index is 1.42. The van der Waals surface area contributed by atoms with Crippen LogP contribution in [-0.4, -0.2) is 27.8 Å². The number of thiophene rings is 1. The molecular formula is C17H14N2O5S. The fourth-order valence-corrected chi connectivity index (χ4v) is 3.34. The Kier molecular flexibility index (Phi) is 4.10. The molecule has 0 fully saturated rings. The molecule has 0 saturated heterocycles. The molecule has 0 amide bonds. The third-order valence-corrected chi connectivity index (χ3v) is 4.72. The number of hydrogen-bond donors (Lipinski definition) is 1. The van der Waals surface area contributed by atoms with E-state index in [2.05, 4.69) is 10.1 Å². The second-order valence-electron chi connectivity index (χ2n) is 5.58. The first-order valence-electron chi connectivity index (χ1n) is 7.67. The highest BCUT2D eigenvalue weighted by molar-refractivity contribution is 7.13. The molecule has 1 atom stereocenters. The Morgan fingerprint density at radius 1 is 1.40 bits per heavy atom. The summed E-state index contributed by atoms with van der Waals surface area (Å²) >= 11 is 1.54. The maximum absolute atomic E-state index is 10.9. The number of rotatable bonds is 6. The van der Waals surface area contributed by atoms with Crippen molar-refractivity contribution >= 4 is 17.3 Å². The van der Waals surface area contributed by atoms with Crippen LogP contribution in [0.4, 0.5) is 0 Å². The summed E-state index contributed by atoms with van der Waals surface area (Å²) in [4.78, 5) is 16.1. The summed E-state index contributed by atoms with van der Waals surface area (Å²) in [5, 5.41) is 14.8. The highest BCUT2D eigenvalue weighted by Crippen LogP contribution is 2.38. The molecule has 4 rings (SSSR count). The molecule has 1 aliphatic heterocycles. The van der Waals surface area contributed by atoms with Crippen LogP contribution in [0.15, 0.2) is 40.2 Å². The number of aliphatic carboxylic acids is 1. The molecule has 1 unspecified atom stereocenters. The maximum atomic E-state index is 10.9. The lowest BCUT2D eigenvalue weighted by atomic mass is 9.98. The molecule has 0 bridgehead atoms. The average molecular weight is 358 g/mol. The van der Waals surface area contributed by atoms with E-state index >= 15 is 0 Å². The molecule has 0 spiro atoms. The number of carboxylic acids is 1. The Bertz CT molecular complexity index is 890. The van der Waals surface area contributed by atoms with E-state index in [1.54, 1.807) is 12.1 Å². The van der Waals surface area contributed by atoms with Gasteiger partial charge in [0.05, 0.1) is 17.9 Å². The van der Waals surface area contributed by atoms with Crippen molar-refractivity contribution in [2.45, 2.75) is 18.9 Å². The molecule has 1 aromatic carbocycles. The van der Waals surface area contributed by atoms with Crippen LogP contribution in [0.25, 0.3) is 10.7 Å². The summed E-state index contributed by atoms with van der Waals surface area (Å²) in [6.07, 6.45) is 0.0562. The summed E-state index contributed by atoms with van der Waals surface area (Å²) in [6.45, 7) is 0.522. The smallest absolute Gasteiger partial charge is 0.304 e. The Hall–Kier alpha value is -2.87. The van der Waals surface area contributed by atoms with Gasteiger partial charge < -0.3 is 19.1 Å². The third-order valence-electron chi connectivity index (χ3n) is 3.86. The molecule has 128 valence electrons. The number of carboxylic acid groups (broad SMARTS) is 1. The summed E-state index contributed by atoms with van der Waals surface area (Å²) in [7, 11) is 0. The van der Waals surface area contributed by atoms with Crippen molar-refractivity contribution < 1.29 is 23.9 Å². The van der Waals surface area contributed by atoms with Crippen molar-refractivity contribution in [2.75, 3.05) is 6.61 Å². The van der Waals surface area contributed by atoms with Crippen LogP contribution in [0.5, 0.6) is 11.5 Å². The van der Waals surface area contributed by atoms with Crippen LogP contribution in [0.1, 0.15) is 23.8 Å². The van der Waals surface area contributed by atoms with Gasteiger partial charge in [0.2, 0.25) is 5.82 Å². The highest BCUT2D eigenvalue weighted by atomic mass is 32.1. The zero-order valence-corrected chi connectivity index (χ0v) is 13.9. The van der Waals surface area contributed by atoms with Crippen LogP contribution >= 0.6 is 11.3 Å². The Morgan fingerprint density at radius 2 is 2.32 bits per heavy atom. The van der Waals surface area contributed by atoms with Crippen LogP contribution in [-0.2, 0) is 11.4 Å². The summed E-state index contributed by atoms with van der Waals surface area (Å²) < 4.78 is 16.4. The molecule has 3 aromatic rings. The fourth-order valence-electron chi connectivity index (χ4n) is 2.69.